The molecule has 1 aromatic carbocycles. The fourth-order valence-electron chi connectivity index (χ4n) is 4.48. The van der Waals surface area contributed by atoms with E-state index in [1.165, 1.54) is 5.56 Å². The predicted molar refractivity (Wildman–Crippen MR) is 99.6 cm³/mol. The molecule has 2 aromatic rings. The second-order valence-corrected chi connectivity index (χ2v) is 7.77. The quantitative estimate of drug-likeness (QED) is 0.823. The number of benzene rings is 1. The lowest BCUT2D eigenvalue weighted by molar-refractivity contribution is 0.0219. The average molecular weight is 351 g/mol. The van der Waals surface area contributed by atoms with Gasteiger partial charge in [0.2, 0.25) is 0 Å². The zero-order valence-corrected chi connectivity index (χ0v) is 15.4. The fraction of sp³-hybridized carbons (Fsp3) is 0.455. The van der Waals surface area contributed by atoms with Crippen LogP contribution in [0, 0.1) is 12.8 Å². The fourth-order valence-corrected chi connectivity index (χ4v) is 4.48. The summed E-state index contributed by atoms with van der Waals surface area (Å²) in [6.07, 6.45) is 4.38. The number of hydrogen-bond donors (Lipinski definition) is 1. The Morgan fingerprint density at radius 3 is 2.62 bits per heavy atom. The van der Waals surface area contributed by atoms with E-state index in [0.29, 0.717) is 23.6 Å². The average Bonchev–Trinajstić information content (AvgIpc) is 3.19. The maximum absolute atomic E-state index is 12.8. The standard InChI is InChI=1S/C22H25NO3/c1-13-7-6-10-19(13)26-22(25)21-14(2)20-17(23-21)11-16(12-18(20)24)15-8-4-3-5-9-15/h3-5,8-9,13,16,19,23H,6-7,10-12H2,1-2H3. The minimum atomic E-state index is -0.320. The molecule has 0 radical (unpaired) electrons. The largest absolute Gasteiger partial charge is 0.457 e. The van der Waals surface area contributed by atoms with Crippen molar-refractivity contribution in [3.05, 3.63) is 58.4 Å². The third-order valence-electron chi connectivity index (χ3n) is 6.01. The van der Waals surface area contributed by atoms with Crippen LogP contribution in [0.4, 0.5) is 0 Å². The van der Waals surface area contributed by atoms with Gasteiger partial charge in [0.1, 0.15) is 11.8 Å². The zero-order valence-electron chi connectivity index (χ0n) is 15.4. The van der Waals surface area contributed by atoms with E-state index in [1.54, 1.807) is 0 Å². The van der Waals surface area contributed by atoms with Crippen LogP contribution in [0.1, 0.15) is 76.2 Å². The summed E-state index contributed by atoms with van der Waals surface area (Å²) in [5, 5.41) is 0. The van der Waals surface area contributed by atoms with E-state index in [4.69, 9.17) is 4.74 Å². The summed E-state index contributed by atoms with van der Waals surface area (Å²) in [6.45, 7) is 3.98. The molecule has 1 saturated carbocycles. The normalized spacial score (nSPS) is 25.2. The Kier molecular flexibility index (Phi) is 4.43. The number of aromatic nitrogens is 1. The second kappa shape index (κ2) is 6.75. The number of aromatic amines is 1. The van der Waals surface area contributed by atoms with Crippen LogP contribution in [-0.2, 0) is 11.2 Å². The molecule has 3 unspecified atom stereocenters. The minimum Gasteiger partial charge on any atom is -0.457 e. The number of carbonyl (C=O) groups is 2. The molecule has 1 heterocycles. The number of hydrogen-bond acceptors (Lipinski definition) is 3. The predicted octanol–water partition coefficient (Wildman–Crippen LogP) is 4.58. The van der Waals surface area contributed by atoms with Gasteiger partial charge in [0.05, 0.1) is 0 Å². The summed E-state index contributed by atoms with van der Waals surface area (Å²) in [4.78, 5) is 28.7. The maximum Gasteiger partial charge on any atom is 0.355 e. The van der Waals surface area contributed by atoms with Gasteiger partial charge in [-0.1, -0.05) is 37.3 Å². The van der Waals surface area contributed by atoms with Crippen molar-refractivity contribution in [2.75, 3.05) is 0 Å². The summed E-state index contributed by atoms with van der Waals surface area (Å²) in [7, 11) is 0. The lowest BCUT2D eigenvalue weighted by Gasteiger charge is -2.22. The van der Waals surface area contributed by atoms with Gasteiger partial charge < -0.3 is 9.72 Å². The van der Waals surface area contributed by atoms with Gasteiger partial charge in [0.25, 0.3) is 0 Å². The zero-order chi connectivity index (χ0) is 18.3. The molecule has 4 rings (SSSR count). The Labute approximate surface area is 154 Å². The van der Waals surface area contributed by atoms with E-state index in [1.807, 2.05) is 25.1 Å². The lowest BCUT2D eigenvalue weighted by Crippen LogP contribution is -2.21. The number of H-pyrrole nitrogens is 1. The summed E-state index contributed by atoms with van der Waals surface area (Å²) in [5.41, 5.74) is 3.94. The van der Waals surface area contributed by atoms with Gasteiger partial charge in [0.15, 0.2) is 5.78 Å². The highest BCUT2D eigenvalue weighted by Gasteiger charge is 2.34. The Morgan fingerprint density at radius 1 is 1.15 bits per heavy atom. The van der Waals surface area contributed by atoms with Crippen molar-refractivity contribution in [1.82, 2.24) is 4.98 Å². The summed E-state index contributed by atoms with van der Waals surface area (Å²) >= 11 is 0. The molecule has 26 heavy (non-hydrogen) atoms. The number of ether oxygens (including phenoxy) is 1. The molecular weight excluding hydrogens is 326 g/mol. The molecule has 4 heteroatoms. The first-order valence-corrected chi connectivity index (χ1v) is 9.55. The van der Waals surface area contributed by atoms with Gasteiger partial charge in [-0.3, -0.25) is 4.79 Å². The Hall–Kier alpha value is -2.36. The molecule has 136 valence electrons. The number of ketones is 1. The summed E-state index contributed by atoms with van der Waals surface area (Å²) in [6, 6.07) is 10.1. The van der Waals surface area contributed by atoms with Crippen molar-refractivity contribution in [2.24, 2.45) is 5.92 Å². The summed E-state index contributed by atoms with van der Waals surface area (Å²) in [5.74, 6) is 0.364. The minimum absolute atomic E-state index is 0.00463. The van der Waals surface area contributed by atoms with Crippen LogP contribution in [0.3, 0.4) is 0 Å². The van der Waals surface area contributed by atoms with Gasteiger partial charge >= 0.3 is 5.97 Å². The van der Waals surface area contributed by atoms with Crippen LogP contribution in [0.5, 0.6) is 0 Å². The molecular formula is C22H25NO3. The van der Waals surface area contributed by atoms with Gasteiger partial charge in [0, 0.05) is 17.7 Å². The van der Waals surface area contributed by atoms with Crippen LogP contribution in [0.2, 0.25) is 0 Å². The smallest absolute Gasteiger partial charge is 0.355 e. The topological polar surface area (TPSA) is 59.2 Å². The molecule has 1 aromatic heterocycles. The number of carbonyl (C=O) groups excluding carboxylic acids is 2. The molecule has 0 aliphatic heterocycles. The second-order valence-electron chi connectivity index (χ2n) is 7.77. The molecule has 4 nitrogen and oxygen atoms in total. The third-order valence-corrected chi connectivity index (χ3v) is 6.01. The van der Waals surface area contributed by atoms with Crippen molar-refractivity contribution < 1.29 is 14.3 Å². The monoisotopic (exact) mass is 351 g/mol. The lowest BCUT2D eigenvalue weighted by atomic mass is 9.81. The van der Waals surface area contributed by atoms with E-state index in [2.05, 4.69) is 24.0 Å². The van der Waals surface area contributed by atoms with E-state index in [0.717, 1.165) is 36.9 Å². The molecule has 2 aliphatic rings. The number of nitrogens with one attached hydrogen (secondary N) is 1. The Balaban J connectivity index is 1.59. The van der Waals surface area contributed by atoms with E-state index in [9.17, 15) is 9.59 Å². The van der Waals surface area contributed by atoms with Crippen LogP contribution in [-0.4, -0.2) is 22.8 Å². The molecule has 1 fully saturated rings. The van der Waals surface area contributed by atoms with Crippen molar-refractivity contribution in [3.8, 4) is 0 Å². The maximum atomic E-state index is 12.8. The number of Topliss-reactive ketones (excluding diaryl/α,β-unsaturated/α-hetero) is 1. The first-order valence-electron chi connectivity index (χ1n) is 9.55. The van der Waals surface area contributed by atoms with Gasteiger partial charge in [-0.2, -0.15) is 0 Å². The molecule has 2 aliphatic carbocycles. The van der Waals surface area contributed by atoms with Gasteiger partial charge in [-0.25, -0.2) is 4.79 Å². The number of fused-ring (bicyclic) bond motifs is 1. The number of esters is 1. The molecule has 0 amide bonds. The van der Waals surface area contributed by atoms with Crippen molar-refractivity contribution in [3.63, 3.8) is 0 Å². The van der Waals surface area contributed by atoms with E-state index in [-0.39, 0.29) is 23.8 Å². The van der Waals surface area contributed by atoms with Crippen LogP contribution < -0.4 is 0 Å². The van der Waals surface area contributed by atoms with E-state index < -0.39 is 0 Å². The molecule has 1 N–H and O–H groups in total. The third kappa shape index (κ3) is 2.98. The van der Waals surface area contributed by atoms with Crippen LogP contribution in [0.25, 0.3) is 0 Å². The first kappa shape index (κ1) is 17.1. The molecule has 0 spiro atoms. The van der Waals surface area contributed by atoms with E-state index >= 15 is 0 Å². The Bertz CT molecular complexity index is 837. The molecule has 0 saturated heterocycles. The SMILES string of the molecule is Cc1c(C(=O)OC2CCCC2C)[nH]c2c1C(=O)CC(c1ccccc1)C2. The highest BCUT2D eigenvalue weighted by molar-refractivity contribution is 6.03. The molecule has 0 bridgehead atoms. The van der Waals surface area contributed by atoms with Crippen LogP contribution in [0.15, 0.2) is 30.3 Å². The van der Waals surface area contributed by atoms with Crippen molar-refractivity contribution in [2.45, 2.75) is 58.0 Å². The summed E-state index contributed by atoms with van der Waals surface area (Å²) < 4.78 is 5.73. The first-order chi connectivity index (χ1) is 12.5. The van der Waals surface area contributed by atoms with Gasteiger partial charge in [-0.05, 0) is 55.6 Å². The van der Waals surface area contributed by atoms with Crippen molar-refractivity contribution >= 4 is 11.8 Å². The number of rotatable bonds is 3. The van der Waals surface area contributed by atoms with Crippen molar-refractivity contribution in [1.29, 1.82) is 0 Å². The van der Waals surface area contributed by atoms with Gasteiger partial charge in [-0.15, -0.1) is 0 Å². The Morgan fingerprint density at radius 2 is 1.92 bits per heavy atom. The van der Waals surface area contributed by atoms with Crippen LogP contribution >= 0.6 is 0 Å². The molecule has 3 atom stereocenters. The highest BCUT2D eigenvalue weighted by Crippen LogP contribution is 2.35. The highest BCUT2D eigenvalue weighted by atomic mass is 16.5.